The van der Waals surface area contributed by atoms with Crippen molar-refractivity contribution in [1.82, 2.24) is 5.32 Å². The van der Waals surface area contributed by atoms with E-state index in [4.69, 9.17) is 14.2 Å². The first-order valence-electron chi connectivity index (χ1n) is 6.14. The van der Waals surface area contributed by atoms with Crippen LogP contribution in [0.25, 0.3) is 0 Å². The van der Waals surface area contributed by atoms with Gasteiger partial charge in [0.15, 0.2) is 11.5 Å². The molecule has 0 amide bonds. The quantitative estimate of drug-likeness (QED) is 0.838. The van der Waals surface area contributed by atoms with Crippen molar-refractivity contribution >= 4 is 12.4 Å². The average Bonchev–Trinajstić information content (AvgIpc) is 2.36. The molecular weight excluding hydrogens is 266 g/mol. The molecule has 4 nitrogen and oxygen atoms in total. The van der Waals surface area contributed by atoms with Crippen LogP contribution in [0.5, 0.6) is 17.2 Å². The van der Waals surface area contributed by atoms with Gasteiger partial charge in [0.1, 0.15) is 0 Å². The Balaban J connectivity index is 0.00000324. The predicted molar refractivity (Wildman–Crippen MR) is 80.2 cm³/mol. The Morgan fingerprint density at radius 2 is 1.53 bits per heavy atom. The molecule has 0 bridgehead atoms. The van der Waals surface area contributed by atoms with Crippen LogP contribution >= 0.6 is 12.4 Å². The second kappa shape index (κ2) is 8.88. The molecule has 0 atom stereocenters. The zero-order chi connectivity index (χ0) is 13.5. The van der Waals surface area contributed by atoms with Crippen molar-refractivity contribution in [2.75, 3.05) is 27.9 Å². The van der Waals surface area contributed by atoms with Crippen LogP contribution in [0.15, 0.2) is 12.1 Å². The third kappa shape index (κ3) is 5.17. The summed E-state index contributed by atoms with van der Waals surface area (Å²) >= 11 is 0. The van der Waals surface area contributed by atoms with Crippen LogP contribution in [-0.4, -0.2) is 33.9 Å². The molecule has 1 aromatic carbocycles. The monoisotopic (exact) mass is 289 g/mol. The van der Waals surface area contributed by atoms with Gasteiger partial charge in [-0.2, -0.15) is 0 Å². The third-order valence-corrected chi connectivity index (χ3v) is 2.69. The van der Waals surface area contributed by atoms with Crippen molar-refractivity contribution in [3.63, 3.8) is 0 Å². The van der Waals surface area contributed by atoms with Gasteiger partial charge >= 0.3 is 0 Å². The lowest BCUT2D eigenvalue weighted by Gasteiger charge is -2.14. The zero-order valence-electron chi connectivity index (χ0n) is 12.3. The van der Waals surface area contributed by atoms with Crippen molar-refractivity contribution in [2.45, 2.75) is 26.3 Å². The minimum Gasteiger partial charge on any atom is -0.493 e. The van der Waals surface area contributed by atoms with Gasteiger partial charge in [-0.15, -0.1) is 12.4 Å². The fourth-order valence-corrected chi connectivity index (χ4v) is 1.78. The van der Waals surface area contributed by atoms with Crippen molar-refractivity contribution in [1.29, 1.82) is 0 Å². The van der Waals surface area contributed by atoms with Crippen LogP contribution in [0.1, 0.15) is 19.4 Å². The number of rotatable bonds is 7. The number of methoxy groups -OCH3 is 3. The lowest BCUT2D eigenvalue weighted by Crippen LogP contribution is -2.24. The highest BCUT2D eigenvalue weighted by Crippen LogP contribution is 2.38. The average molecular weight is 290 g/mol. The van der Waals surface area contributed by atoms with E-state index < -0.39 is 0 Å². The molecule has 0 heterocycles. The van der Waals surface area contributed by atoms with Gasteiger partial charge in [0.05, 0.1) is 21.3 Å². The maximum Gasteiger partial charge on any atom is 0.203 e. The number of hydrogen-bond acceptors (Lipinski definition) is 4. The van der Waals surface area contributed by atoms with E-state index >= 15 is 0 Å². The van der Waals surface area contributed by atoms with E-state index in [1.54, 1.807) is 21.3 Å². The highest BCUT2D eigenvalue weighted by molar-refractivity contribution is 5.85. The summed E-state index contributed by atoms with van der Waals surface area (Å²) < 4.78 is 15.9. The van der Waals surface area contributed by atoms with E-state index in [-0.39, 0.29) is 12.4 Å². The summed E-state index contributed by atoms with van der Waals surface area (Å²) in [6.07, 6.45) is 0.925. The second-order valence-corrected chi connectivity index (χ2v) is 4.39. The summed E-state index contributed by atoms with van der Waals surface area (Å²) in [7, 11) is 4.88. The minimum atomic E-state index is 0. The lowest BCUT2D eigenvalue weighted by atomic mass is 10.1. The van der Waals surface area contributed by atoms with Crippen LogP contribution in [0.4, 0.5) is 0 Å². The Morgan fingerprint density at radius 1 is 1.00 bits per heavy atom. The molecule has 0 spiro atoms. The van der Waals surface area contributed by atoms with E-state index in [0.717, 1.165) is 18.5 Å². The molecule has 0 radical (unpaired) electrons. The van der Waals surface area contributed by atoms with Gasteiger partial charge in [0.25, 0.3) is 0 Å². The molecule has 0 aliphatic rings. The summed E-state index contributed by atoms with van der Waals surface area (Å²) in [6.45, 7) is 5.20. The molecule has 19 heavy (non-hydrogen) atoms. The molecule has 110 valence electrons. The standard InChI is InChI=1S/C14H23NO3.ClH/c1-10(2)15-7-6-11-8-12(16-3)14(18-5)13(9-11)17-4;/h8-10,15H,6-7H2,1-5H3;1H. The molecule has 0 aliphatic carbocycles. The third-order valence-electron chi connectivity index (χ3n) is 2.69. The maximum absolute atomic E-state index is 5.32. The fourth-order valence-electron chi connectivity index (χ4n) is 1.78. The molecule has 1 N–H and O–H groups in total. The zero-order valence-corrected chi connectivity index (χ0v) is 13.1. The van der Waals surface area contributed by atoms with Crippen LogP contribution in [0.2, 0.25) is 0 Å². The molecule has 0 saturated heterocycles. The van der Waals surface area contributed by atoms with Crippen LogP contribution in [-0.2, 0) is 6.42 Å². The number of halogens is 1. The molecule has 1 aromatic rings. The van der Waals surface area contributed by atoms with E-state index in [0.29, 0.717) is 23.3 Å². The molecule has 0 unspecified atom stereocenters. The van der Waals surface area contributed by atoms with Gasteiger partial charge in [0, 0.05) is 6.04 Å². The number of hydrogen-bond donors (Lipinski definition) is 1. The van der Waals surface area contributed by atoms with E-state index in [1.807, 2.05) is 12.1 Å². The van der Waals surface area contributed by atoms with Gasteiger partial charge < -0.3 is 19.5 Å². The Morgan fingerprint density at radius 3 is 1.89 bits per heavy atom. The first-order chi connectivity index (χ1) is 8.62. The van der Waals surface area contributed by atoms with Crippen LogP contribution in [0, 0.1) is 0 Å². The Kier molecular flexibility index (Phi) is 8.35. The molecular formula is C14H24ClNO3. The minimum absolute atomic E-state index is 0. The van der Waals surface area contributed by atoms with Gasteiger partial charge in [-0.25, -0.2) is 0 Å². The van der Waals surface area contributed by atoms with Gasteiger partial charge in [-0.1, -0.05) is 13.8 Å². The first kappa shape index (κ1) is 17.9. The fraction of sp³-hybridized carbons (Fsp3) is 0.571. The maximum atomic E-state index is 5.32. The van der Waals surface area contributed by atoms with E-state index in [2.05, 4.69) is 19.2 Å². The number of nitrogens with one attached hydrogen (secondary N) is 1. The lowest BCUT2D eigenvalue weighted by molar-refractivity contribution is 0.323. The molecule has 0 fully saturated rings. The molecule has 1 rings (SSSR count). The van der Waals surface area contributed by atoms with E-state index in [9.17, 15) is 0 Å². The van der Waals surface area contributed by atoms with Gasteiger partial charge in [-0.05, 0) is 30.7 Å². The second-order valence-electron chi connectivity index (χ2n) is 4.39. The summed E-state index contributed by atoms with van der Waals surface area (Å²) in [4.78, 5) is 0. The summed E-state index contributed by atoms with van der Waals surface area (Å²) in [5.74, 6) is 2.05. The topological polar surface area (TPSA) is 39.7 Å². The van der Waals surface area contributed by atoms with E-state index in [1.165, 1.54) is 0 Å². The van der Waals surface area contributed by atoms with Gasteiger partial charge in [-0.3, -0.25) is 0 Å². The van der Waals surface area contributed by atoms with Crippen LogP contribution in [0.3, 0.4) is 0 Å². The Bertz CT molecular complexity index is 358. The normalized spacial score (nSPS) is 10.0. The molecule has 0 aromatic heterocycles. The van der Waals surface area contributed by atoms with Gasteiger partial charge in [0.2, 0.25) is 5.75 Å². The SMILES string of the molecule is COc1cc(CCNC(C)C)cc(OC)c1OC.Cl. The first-order valence-corrected chi connectivity index (χ1v) is 6.14. The summed E-state index contributed by atoms with van der Waals surface area (Å²) in [6, 6.07) is 4.47. The number of ether oxygens (including phenoxy) is 3. The number of benzene rings is 1. The highest BCUT2D eigenvalue weighted by Gasteiger charge is 2.12. The Labute approximate surface area is 121 Å². The predicted octanol–water partition coefficient (Wildman–Crippen LogP) is 2.67. The largest absolute Gasteiger partial charge is 0.493 e. The molecule has 0 saturated carbocycles. The van der Waals surface area contributed by atoms with Crippen LogP contribution < -0.4 is 19.5 Å². The Hall–Kier alpha value is -1.13. The summed E-state index contributed by atoms with van der Waals surface area (Å²) in [5.41, 5.74) is 1.16. The van der Waals surface area contributed by atoms with Crippen molar-refractivity contribution in [3.8, 4) is 17.2 Å². The smallest absolute Gasteiger partial charge is 0.203 e. The molecule has 0 aliphatic heterocycles. The molecule has 5 heteroatoms. The van der Waals surface area contributed by atoms with Crippen molar-refractivity contribution in [3.05, 3.63) is 17.7 Å². The van der Waals surface area contributed by atoms with Crippen molar-refractivity contribution in [2.24, 2.45) is 0 Å². The highest BCUT2D eigenvalue weighted by atomic mass is 35.5. The summed E-state index contributed by atoms with van der Waals surface area (Å²) in [5, 5.41) is 3.38. The van der Waals surface area contributed by atoms with Crippen molar-refractivity contribution < 1.29 is 14.2 Å².